The summed E-state index contributed by atoms with van der Waals surface area (Å²) < 4.78 is 0. The molecule has 0 radical (unpaired) electrons. The van der Waals surface area contributed by atoms with Gasteiger partial charge in [-0.05, 0) is 64.1 Å². The molecular weight excluding hydrogens is 387 g/mol. The van der Waals surface area contributed by atoms with Crippen LogP contribution >= 0.6 is 24.0 Å². The van der Waals surface area contributed by atoms with Gasteiger partial charge in [0.25, 0.3) is 0 Å². The fourth-order valence-corrected chi connectivity index (χ4v) is 3.41. The van der Waals surface area contributed by atoms with Crippen molar-refractivity contribution < 1.29 is 0 Å². The van der Waals surface area contributed by atoms with Crippen LogP contribution in [0.1, 0.15) is 58.3 Å². The van der Waals surface area contributed by atoms with Gasteiger partial charge in [-0.15, -0.1) is 24.0 Å². The molecule has 0 atom stereocenters. The van der Waals surface area contributed by atoms with E-state index in [4.69, 9.17) is 0 Å². The van der Waals surface area contributed by atoms with Gasteiger partial charge in [-0.1, -0.05) is 19.8 Å². The molecule has 0 aromatic carbocycles. The lowest BCUT2D eigenvalue weighted by Gasteiger charge is -2.30. The number of nitrogens with one attached hydrogen (secondary N) is 2. The third-order valence-corrected chi connectivity index (χ3v) is 4.99. The van der Waals surface area contributed by atoms with Crippen LogP contribution in [-0.2, 0) is 0 Å². The van der Waals surface area contributed by atoms with Gasteiger partial charge in [0.2, 0.25) is 0 Å². The Morgan fingerprint density at radius 1 is 1.09 bits per heavy atom. The van der Waals surface area contributed by atoms with Crippen molar-refractivity contribution in [3.8, 4) is 0 Å². The molecule has 0 unspecified atom stereocenters. The minimum absolute atomic E-state index is 0. The molecule has 1 saturated heterocycles. The Bertz CT molecular complexity index is 308. The maximum Gasteiger partial charge on any atom is 0.191 e. The number of halogens is 1. The Labute approximate surface area is 153 Å². The Balaban J connectivity index is 0.00000242. The second kappa shape index (κ2) is 11.5. The number of likely N-dealkylation sites (tertiary alicyclic amines) is 1. The van der Waals surface area contributed by atoms with Crippen LogP contribution in [0.15, 0.2) is 4.99 Å². The van der Waals surface area contributed by atoms with Gasteiger partial charge in [-0.2, -0.15) is 0 Å². The van der Waals surface area contributed by atoms with Gasteiger partial charge < -0.3 is 15.5 Å². The van der Waals surface area contributed by atoms with E-state index in [1.807, 2.05) is 7.05 Å². The predicted octanol–water partition coefficient (Wildman–Crippen LogP) is 3.22. The molecule has 0 amide bonds. The van der Waals surface area contributed by atoms with Crippen LogP contribution in [0.25, 0.3) is 0 Å². The van der Waals surface area contributed by atoms with Gasteiger partial charge in [0.1, 0.15) is 0 Å². The zero-order chi connectivity index (χ0) is 14.9. The van der Waals surface area contributed by atoms with Crippen LogP contribution in [-0.4, -0.2) is 50.1 Å². The van der Waals surface area contributed by atoms with Gasteiger partial charge in [-0.3, -0.25) is 4.99 Å². The van der Waals surface area contributed by atoms with Crippen molar-refractivity contribution >= 4 is 29.9 Å². The lowest BCUT2D eigenvalue weighted by atomic mass is 9.99. The molecule has 2 rings (SSSR count). The molecule has 5 heteroatoms. The summed E-state index contributed by atoms with van der Waals surface area (Å²) in [5, 5.41) is 7.00. The molecule has 2 fully saturated rings. The molecule has 0 spiro atoms. The largest absolute Gasteiger partial charge is 0.356 e. The fourth-order valence-electron chi connectivity index (χ4n) is 3.41. The van der Waals surface area contributed by atoms with Gasteiger partial charge in [-0.25, -0.2) is 0 Å². The summed E-state index contributed by atoms with van der Waals surface area (Å²) in [5.41, 5.74) is 0. The first-order valence-corrected chi connectivity index (χ1v) is 8.97. The van der Waals surface area contributed by atoms with Gasteiger partial charge >= 0.3 is 0 Å². The van der Waals surface area contributed by atoms with Crippen molar-refractivity contribution in [1.29, 1.82) is 0 Å². The number of piperidine rings is 1. The maximum absolute atomic E-state index is 4.33. The van der Waals surface area contributed by atoms with Crippen LogP contribution in [0.3, 0.4) is 0 Å². The Morgan fingerprint density at radius 3 is 2.41 bits per heavy atom. The second-order valence-corrected chi connectivity index (χ2v) is 6.86. The van der Waals surface area contributed by atoms with Gasteiger partial charge in [0.15, 0.2) is 5.96 Å². The fraction of sp³-hybridized carbons (Fsp3) is 0.941. The summed E-state index contributed by atoms with van der Waals surface area (Å²) in [7, 11) is 1.87. The van der Waals surface area contributed by atoms with Crippen LogP contribution < -0.4 is 10.6 Å². The topological polar surface area (TPSA) is 39.7 Å². The highest BCUT2D eigenvalue weighted by Gasteiger charge is 2.16. The Kier molecular flexibility index (Phi) is 10.4. The smallest absolute Gasteiger partial charge is 0.191 e. The number of unbranched alkanes of at least 4 members (excludes halogenated alkanes) is 1. The van der Waals surface area contributed by atoms with Crippen molar-refractivity contribution in [2.75, 3.05) is 33.2 Å². The minimum atomic E-state index is 0. The molecule has 2 aliphatic rings. The van der Waals surface area contributed by atoms with Crippen molar-refractivity contribution in [2.24, 2.45) is 10.9 Å². The number of aliphatic imine (C=N–C) groups is 1. The normalized spacial score (nSPS) is 21.6. The van der Waals surface area contributed by atoms with Crippen LogP contribution in [0.4, 0.5) is 0 Å². The van der Waals surface area contributed by atoms with E-state index in [9.17, 15) is 0 Å². The third kappa shape index (κ3) is 7.49. The average Bonchev–Trinajstić information content (AvgIpc) is 3.00. The van der Waals surface area contributed by atoms with Crippen LogP contribution in [0, 0.1) is 5.92 Å². The van der Waals surface area contributed by atoms with E-state index in [-0.39, 0.29) is 24.0 Å². The lowest BCUT2D eigenvalue weighted by molar-refractivity contribution is 0.189. The van der Waals surface area contributed by atoms with Crippen LogP contribution in [0.5, 0.6) is 0 Å². The molecule has 1 aliphatic carbocycles. The van der Waals surface area contributed by atoms with Crippen molar-refractivity contribution in [2.45, 2.75) is 64.3 Å². The van der Waals surface area contributed by atoms with Crippen molar-refractivity contribution in [3.05, 3.63) is 0 Å². The SMILES string of the molecule is CN=C(NCCCCN1CCC(C)CC1)NC1CCCC1.I. The average molecular weight is 422 g/mol. The predicted molar refractivity (Wildman–Crippen MR) is 106 cm³/mol. The number of hydrogen-bond acceptors (Lipinski definition) is 2. The number of hydrogen-bond donors (Lipinski definition) is 2. The summed E-state index contributed by atoms with van der Waals surface area (Å²) in [6, 6.07) is 0.645. The molecule has 2 N–H and O–H groups in total. The molecule has 22 heavy (non-hydrogen) atoms. The zero-order valence-electron chi connectivity index (χ0n) is 14.4. The molecule has 1 saturated carbocycles. The first-order chi connectivity index (χ1) is 10.3. The van der Waals surface area contributed by atoms with Crippen molar-refractivity contribution in [3.63, 3.8) is 0 Å². The zero-order valence-corrected chi connectivity index (χ0v) is 16.8. The number of guanidine groups is 1. The van der Waals surface area contributed by atoms with Crippen molar-refractivity contribution in [1.82, 2.24) is 15.5 Å². The standard InChI is InChI=1S/C17H34N4.HI/c1-15-9-13-21(14-10-15)12-6-5-11-19-17(18-2)20-16-7-3-4-8-16;/h15-16H,3-14H2,1-2H3,(H2,18,19,20);1H. The Hall–Kier alpha value is -0.0400. The molecule has 1 aliphatic heterocycles. The van der Waals surface area contributed by atoms with E-state index >= 15 is 0 Å². The summed E-state index contributed by atoms with van der Waals surface area (Å²) >= 11 is 0. The molecule has 130 valence electrons. The van der Waals surface area contributed by atoms with E-state index < -0.39 is 0 Å². The van der Waals surface area contributed by atoms with E-state index in [1.165, 1.54) is 71.0 Å². The van der Waals surface area contributed by atoms with E-state index in [0.717, 1.165) is 18.4 Å². The highest BCUT2D eigenvalue weighted by Crippen LogP contribution is 2.17. The number of nitrogens with zero attached hydrogens (tertiary/aromatic N) is 2. The van der Waals surface area contributed by atoms with Crippen LogP contribution in [0.2, 0.25) is 0 Å². The molecular formula is C17H35IN4. The first-order valence-electron chi connectivity index (χ1n) is 8.97. The second-order valence-electron chi connectivity index (χ2n) is 6.86. The third-order valence-electron chi connectivity index (χ3n) is 4.99. The summed E-state index contributed by atoms with van der Waals surface area (Å²) in [4.78, 5) is 6.96. The van der Waals surface area contributed by atoms with E-state index in [2.05, 4.69) is 27.4 Å². The summed E-state index contributed by atoms with van der Waals surface area (Å²) in [5.74, 6) is 1.93. The van der Waals surface area contributed by atoms with Gasteiger partial charge in [0, 0.05) is 19.6 Å². The summed E-state index contributed by atoms with van der Waals surface area (Å²) in [6.07, 6.45) is 10.6. The summed E-state index contributed by atoms with van der Waals surface area (Å²) in [6.45, 7) is 7.29. The molecule has 0 aromatic rings. The maximum atomic E-state index is 4.33. The monoisotopic (exact) mass is 422 g/mol. The first kappa shape index (κ1) is 20.0. The lowest BCUT2D eigenvalue weighted by Crippen LogP contribution is -2.42. The minimum Gasteiger partial charge on any atom is -0.356 e. The molecule has 1 heterocycles. The highest BCUT2D eigenvalue weighted by molar-refractivity contribution is 14.0. The molecule has 4 nitrogen and oxygen atoms in total. The highest BCUT2D eigenvalue weighted by atomic mass is 127. The molecule has 0 aromatic heterocycles. The van der Waals surface area contributed by atoms with E-state index in [1.54, 1.807) is 0 Å². The number of rotatable bonds is 6. The van der Waals surface area contributed by atoms with Gasteiger partial charge in [0.05, 0.1) is 0 Å². The molecule has 0 bridgehead atoms. The Morgan fingerprint density at radius 2 is 1.77 bits per heavy atom. The quantitative estimate of drug-likeness (QED) is 0.299. The van der Waals surface area contributed by atoms with E-state index in [0.29, 0.717) is 6.04 Å².